The van der Waals surface area contributed by atoms with Crippen LogP contribution in [0.15, 0.2) is 18.2 Å². The van der Waals surface area contributed by atoms with E-state index < -0.39 is 16.6 Å². The Labute approximate surface area is 119 Å². The van der Waals surface area contributed by atoms with Gasteiger partial charge in [0.05, 0.1) is 5.75 Å². The van der Waals surface area contributed by atoms with Crippen LogP contribution >= 0.6 is 11.6 Å². The summed E-state index contributed by atoms with van der Waals surface area (Å²) < 4.78 is 25.3. The molecule has 0 radical (unpaired) electrons. The van der Waals surface area contributed by atoms with Gasteiger partial charge in [0.1, 0.15) is 11.6 Å². The zero-order chi connectivity index (χ0) is 13.8. The molecule has 0 aromatic heterocycles. The van der Waals surface area contributed by atoms with Gasteiger partial charge in [0.15, 0.2) is 0 Å². The van der Waals surface area contributed by atoms with E-state index in [-0.39, 0.29) is 28.0 Å². The maximum absolute atomic E-state index is 13.5. The fourth-order valence-corrected chi connectivity index (χ4v) is 3.08. The van der Waals surface area contributed by atoms with E-state index in [9.17, 15) is 13.4 Å². The fourth-order valence-electron chi connectivity index (χ4n) is 1.66. The van der Waals surface area contributed by atoms with Crippen molar-refractivity contribution < 1.29 is 13.4 Å². The summed E-state index contributed by atoms with van der Waals surface area (Å²) in [4.78, 5) is 11.5. The molecule has 1 N–H and O–H groups in total. The van der Waals surface area contributed by atoms with E-state index in [2.05, 4.69) is 5.32 Å². The summed E-state index contributed by atoms with van der Waals surface area (Å²) in [5.41, 5.74) is 0.206. The Hall–Kier alpha value is -0.940. The average Bonchev–Trinajstić information content (AvgIpc) is 3.15. The van der Waals surface area contributed by atoms with Crippen LogP contribution in [-0.2, 0) is 21.3 Å². The van der Waals surface area contributed by atoms with Gasteiger partial charge in [0.25, 0.3) is 0 Å². The van der Waals surface area contributed by atoms with E-state index in [1.807, 2.05) is 0 Å². The number of carbonyl (C=O) groups is 1. The van der Waals surface area contributed by atoms with Crippen LogP contribution in [0.3, 0.4) is 0 Å². The fraction of sp³-hybridized carbons (Fsp3) is 0.462. The summed E-state index contributed by atoms with van der Waals surface area (Å²) in [6.07, 6.45) is 2.29. The van der Waals surface area contributed by atoms with Crippen molar-refractivity contribution in [3.05, 3.63) is 34.6 Å². The van der Waals surface area contributed by atoms with Gasteiger partial charge in [-0.25, -0.2) is 4.39 Å². The molecule has 1 aromatic rings. The van der Waals surface area contributed by atoms with Gasteiger partial charge in [-0.15, -0.1) is 0 Å². The lowest BCUT2D eigenvalue weighted by Crippen LogP contribution is -2.30. The lowest BCUT2D eigenvalue weighted by Gasteiger charge is -2.07. The van der Waals surface area contributed by atoms with E-state index in [0.717, 1.165) is 12.8 Å². The van der Waals surface area contributed by atoms with Crippen molar-refractivity contribution in [1.29, 1.82) is 0 Å². The van der Waals surface area contributed by atoms with E-state index in [1.165, 1.54) is 12.1 Å². The maximum atomic E-state index is 13.5. The average molecular weight is 304 g/mol. The largest absolute Gasteiger partial charge is 0.355 e. The second-order valence-electron chi connectivity index (χ2n) is 4.68. The van der Waals surface area contributed by atoms with Crippen molar-refractivity contribution in [3.63, 3.8) is 0 Å². The molecule has 1 aromatic carbocycles. The molecule has 1 atom stereocenters. The number of rotatable bonds is 6. The number of hydrogen-bond acceptors (Lipinski definition) is 2. The Balaban J connectivity index is 1.84. The van der Waals surface area contributed by atoms with Crippen molar-refractivity contribution in [2.45, 2.75) is 18.6 Å². The van der Waals surface area contributed by atoms with Crippen LogP contribution in [0.25, 0.3) is 0 Å². The molecule has 0 spiro atoms. The molecule has 3 nitrogen and oxygen atoms in total. The van der Waals surface area contributed by atoms with Crippen LogP contribution in [0.4, 0.5) is 4.39 Å². The third-order valence-electron chi connectivity index (χ3n) is 2.94. The molecule has 1 amide bonds. The summed E-state index contributed by atoms with van der Waals surface area (Å²) in [7, 11) is -1.45. The lowest BCUT2D eigenvalue weighted by molar-refractivity contribution is -0.118. The molecule has 0 unspecified atom stereocenters. The van der Waals surface area contributed by atoms with Crippen LogP contribution in [0.2, 0.25) is 5.02 Å². The molecule has 104 valence electrons. The van der Waals surface area contributed by atoms with Gasteiger partial charge < -0.3 is 5.32 Å². The Kier molecular flexibility index (Phi) is 4.93. The molecule has 6 heteroatoms. The minimum atomic E-state index is -1.45. The summed E-state index contributed by atoms with van der Waals surface area (Å²) in [5.74, 6) is -0.310. The molecule has 1 aliphatic rings. The molecular weight excluding hydrogens is 289 g/mol. The Morgan fingerprint density at radius 3 is 2.84 bits per heavy atom. The quantitative estimate of drug-likeness (QED) is 0.876. The van der Waals surface area contributed by atoms with E-state index in [4.69, 9.17) is 11.6 Å². The van der Waals surface area contributed by atoms with Crippen molar-refractivity contribution in [2.75, 3.05) is 12.3 Å². The van der Waals surface area contributed by atoms with Crippen LogP contribution < -0.4 is 5.32 Å². The molecule has 1 aliphatic carbocycles. The van der Waals surface area contributed by atoms with Crippen molar-refractivity contribution in [2.24, 2.45) is 5.92 Å². The predicted molar refractivity (Wildman–Crippen MR) is 73.9 cm³/mol. The molecule has 19 heavy (non-hydrogen) atoms. The molecule has 0 heterocycles. The van der Waals surface area contributed by atoms with Crippen LogP contribution in [0.5, 0.6) is 0 Å². The van der Waals surface area contributed by atoms with Crippen molar-refractivity contribution in [3.8, 4) is 0 Å². The highest BCUT2D eigenvalue weighted by molar-refractivity contribution is 7.84. The first-order valence-electron chi connectivity index (χ1n) is 6.11. The zero-order valence-corrected chi connectivity index (χ0v) is 11.9. The summed E-state index contributed by atoms with van der Waals surface area (Å²) in [6, 6.07) is 4.31. The normalized spacial score (nSPS) is 16.1. The van der Waals surface area contributed by atoms with Gasteiger partial charge >= 0.3 is 0 Å². The number of hydrogen-bond donors (Lipinski definition) is 1. The SMILES string of the molecule is O=C(C[S@](=O)Cc1c(F)cccc1Cl)NCC1CC1. The maximum Gasteiger partial charge on any atom is 0.232 e. The molecular formula is C13H15ClFNO2S. The van der Waals surface area contributed by atoms with Crippen molar-refractivity contribution >= 4 is 28.3 Å². The van der Waals surface area contributed by atoms with Crippen LogP contribution in [0, 0.1) is 11.7 Å². The molecule has 0 bridgehead atoms. The number of carbonyl (C=O) groups excluding carboxylic acids is 1. The second kappa shape index (κ2) is 6.48. The third kappa shape index (κ3) is 4.58. The van der Waals surface area contributed by atoms with Gasteiger partial charge in [0.2, 0.25) is 5.91 Å². The molecule has 1 fully saturated rings. The lowest BCUT2D eigenvalue weighted by atomic mass is 10.2. The minimum Gasteiger partial charge on any atom is -0.355 e. The number of amides is 1. The standard InChI is InChI=1S/C13H15ClFNO2S/c14-11-2-1-3-12(15)10(11)7-19(18)8-13(17)16-6-9-4-5-9/h1-3,9H,4-8H2,(H,16,17)/t19-/m1/s1. The highest BCUT2D eigenvalue weighted by Crippen LogP contribution is 2.27. The van der Waals surface area contributed by atoms with Gasteiger partial charge in [-0.3, -0.25) is 9.00 Å². The third-order valence-corrected chi connectivity index (χ3v) is 4.49. The van der Waals surface area contributed by atoms with E-state index >= 15 is 0 Å². The Morgan fingerprint density at radius 2 is 2.21 bits per heavy atom. The Morgan fingerprint density at radius 1 is 1.47 bits per heavy atom. The monoisotopic (exact) mass is 303 g/mol. The first kappa shape index (κ1) is 14.5. The first-order valence-corrected chi connectivity index (χ1v) is 7.97. The molecule has 0 saturated heterocycles. The van der Waals surface area contributed by atoms with Crippen LogP contribution in [0.1, 0.15) is 18.4 Å². The topological polar surface area (TPSA) is 46.2 Å². The Bertz CT molecular complexity index is 485. The van der Waals surface area contributed by atoms with E-state index in [1.54, 1.807) is 6.07 Å². The van der Waals surface area contributed by atoms with Gasteiger partial charge in [-0.2, -0.15) is 0 Å². The molecule has 0 aliphatic heterocycles. The highest BCUT2D eigenvalue weighted by Gasteiger charge is 2.22. The minimum absolute atomic E-state index is 0.0393. The summed E-state index contributed by atoms with van der Waals surface area (Å²) in [5, 5.41) is 2.97. The van der Waals surface area contributed by atoms with Gasteiger partial charge in [0, 0.05) is 27.9 Å². The van der Waals surface area contributed by atoms with Gasteiger partial charge in [-0.1, -0.05) is 17.7 Å². The number of halogens is 2. The molecule has 1 saturated carbocycles. The van der Waals surface area contributed by atoms with Crippen molar-refractivity contribution in [1.82, 2.24) is 5.32 Å². The zero-order valence-electron chi connectivity index (χ0n) is 10.3. The number of nitrogens with one attached hydrogen (secondary N) is 1. The predicted octanol–water partition coefficient (Wildman–Crippen LogP) is 2.25. The van der Waals surface area contributed by atoms with Gasteiger partial charge in [-0.05, 0) is 30.9 Å². The van der Waals surface area contributed by atoms with E-state index in [0.29, 0.717) is 12.5 Å². The second-order valence-corrected chi connectivity index (χ2v) is 6.54. The number of benzene rings is 1. The summed E-state index contributed by atoms with van der Waals surface area (Å²) in [6.45, 7) is 0.649. The highest BCUT2D eigenvalue weighted by atomic mass is 35.5. The van der Waals surface area contributed by atoms with Crippen LogP contribution in [-0.4, -0.2) is 22.4 Å². The smallest absolute Gasteiger partial charge is 0.232 e. The first-order chi connectivity index (χ1) is 9.06. The summed E-state index contributed by atoms with van der Waals surface area (Å²) >= 11 is 5.85. The molecule has 2 rings (SSSR count).